The molecule has 0 bridgehead atoms. The first-order chi connectivity index (χ1) is 22.5. The van der Waals surface area contributed by atoms with Gasteiger partial charge in [-0.05, 0) is 53.8 Å². The number of nitrogens with zero attached hydrogens (tertiary/aromatic N) is 2. The monoisotopic (exact) mass is 657 g/mol. The molecule has 4 aromatic rings. The van der Waals surface area contributed by atoms with Gasteiger partial charge in [-0.3, -0.25) is 13.9 Å². The molecule has 47 heavy (non-hydrogen) atoms. The fourth-order valence-corrected chi connectivity index (χ4v) is 6.61. The summed E-state index contributed by atoms with van der Waals surface area (Å²) in [5.74, 6) is -0.0737. The molecular formula is C37H43N3O6S. The first-order valence-corrected chi connectivity index (χ1v) is 16.9. The Kier molecular flexibility index (Phi) is 12.0. The maximum absolute atomic E-state index is 14.7. The number of anilines is 1. The molecule has 0 aliphatic heterocycles. The molecule has 9 nitrogen and oxygen atoms in total. The van der Waals surface area contributed by atoms with Gasteiger partial charge >= 0.3 is 0 Å². The van der Waals surface area contributed by atoms with E-state index in [-0.39, 0.29) is 41.1 Å². The van der Waals surface area contributed by atoms with Crippen molar-refractivity contribution in [2.75, 3.05) is 31.6 Å². The van der Waals surface area contributed by atoms with Crippen molar-refractivity contribution >= 4 is 27.5 Å². The van der Waals surface area contributed by atoms with Crippen LogP contribution in [0.25, 0.3) is 0 Å². The van der Waals surface area contributed by atoms with E-state index in [0.717, 1.165) is 21.0 Å². The van der Waals surface area contributed by atoms with Gasteiger partial charge in [-0.15, -0.1) is 0 Å². The summed E-state index contributed by atoms with van der Waals surface area (Å²) in [6.07, 6.45) is 0.232. The van der Waals surface area contributed by atoms with Crippen LogP contribution in [-0.2, 0) is 32.6 Å². The summed E-state index contributed by atoms with van der Waals surface area (Å²) in [7, 11) is -1.39. The summed E-state index contributed by atoms with van der Waals surface area (Å²) in [6, 6.07) is 28.8. The van der Waals surface area contributed by atoms with Gasteiger partial charge in [0.1, 0.15) is 24.1 Å². The maximum Gasteiger partial charge on any atom is 0.264 e. The number of hydrogen-bond acceptors (Lipinski definition) is 6. The van der Waals surface area contributed by atoms with Crippen molar-refractivity contribution in [2.45, 2.75) is 44.7 Å². The number of carbonyl (C=O) groups is 2. The SMILES string of the molecule is COc1ccc(OC)c(N(CC(=O)N(Cc2ccccc2C)[C@@H](Cc2ccccc2)C(=O)NCC(C)C)S(=O)(=O)c2ccccc2)c1. The zero-order valence-electron chi connectivity index (χ0n) is 27.6. The van der Waals surface area contributed by atoms with Crippen LogP contribution in [0, 0.1) is 12.8 Å². The number of carbonyl (C=O) groups excluding carboxylic acids is 2. The molecule has 1 N–H and O–H groups in total. The summed E-state index contributed by atoms with van der Waals surface area (Å²) >= 11 is 0. The van der Waals surface area contributed by atoms with Crippen LogP contribution < -0.4 is 19.1 Å². The minimum atomic E-state index is -4.30. The smallest absolute Gasteiger partial charge is 0.264 e. The van der Waals surface area contributed by atoms with E-state index >= 15 is 0 Å². The van der Waals surface area contributed by atoms with E-state index in [9.17, 15) is 18.0 Å². The normalized spacial score (nSPS) is 11.9. The largest absolute Gasteiger partial charge is 0.497 e. The third-order valence-electron chi connectivity index (χ3n) is 7.82. The second-order valence-corrected chi connectivity index (χ2v) is 13.5. The summed E-state index contributed by atoms with van der Waals surface area (Å²) < 4.78 is 40.7. The van der Waals surface area contributed by atoms with Crippen LogP contribution in [0.5, 0.6) is 11.5 Å². The van der Waals surface area contributed by atoms with E-state index in [1.807, 2.05) is 75.4 Å². The zero-order chi connectivity index (χ0) is 34.0. The number of benzene rings is 4. The molecule has 4 aromatic carbocycles. The number of aryl methyl sites for hydroxylation is 1. The van der Waals surface area contributed by atoms with Crippen LogP contribution in [0.3, 0.4) is 0 Å². The highest BCUT2D eigenvalue weighted by Crippen LogP contribution is 2.36. The molecule has 0 radical (unpaired) electrons. The van der Waals surface area contributed by atoms with Gasteiger partial charge in [0.05, 0.1) is 24.8 Å². The molecule has 0 aromatic heterocycles. The van der Waals surface area contributed by atoms with Gasteiger partial charge in [-0.25, -0.2) is 8.42 Å². The van der Waals surface area contributed by atoms with Crippen molar-refractivity contribution in [1.82, 2.24) is 10.2 Å². The van der Waals surface area contributed by atoms with Gasteiger partial charge in [0.25, 0.3) is 10.0 Å². The van der Waals surface area contributed by atoms with Crippen LogP contribution in [0.2, 0.25) is 0 Å². The first kappa shape index (κ1) is 35.0. The van der Waals surface area contributed by atoms with Crippen molar-refractivity contribution in [1.29, 1.82) is 0 Å². The summed E-state index contributed by atoms with van der Waals surface area (Å²) in [4.78, 5) is 30.2. The van der Waals surface area contributed by atoms with Gasteiger partial charge in [-0.1, -0.05) is 86.6 Å². The maximum atomic E-state index is 14.7. The molecule has 1 atom stereocenters. The summed E-state index contributed by atoms with van der Waals surface area (Å²) in [5.41, 5.74) is 2.77. The van der Waals surface area contributed by atoms with Gasteiger partial charge in [0, 0.05) is 25.6 Å². The van der Waals surface area contributed by atoms with E-state index in [2.05, 4.69) is 5.32 Å². The predicted octanol–water partition coefficient (Wildman–Crippen LogP) is 5.62. The molecular weight excluding hydrogens is 614 g/mol. The van der Waals surface area contributed by atoms with Gasteiger partial charge in [0.2, 0.25) is 11.8 Å². The van der Waals surface area contributed by atoms with Crippen molar-refractivity contribution in [3.63, 3.8) is 0 Å². The quantitative estimate of drug-likeness (QED) is 0.178. The fraction of sp³-hybridized carbons (Fsp3) is 0.297. The average Bonchev–Trinajstić information content (AvgIpc) is 3.08. The van der Waals surface area contributed by atoms with Crippen LogP contribution in [0.1, 0.15) is 30.5 Å². The molecule has 4 rings (SSSR count). The minimum Gasteiger partial charge on any atom is -0.497 e. The van der Waals surface area contributed by atoms with E-state index in [0.29, 0.717) is 12.3 Å². The topological polar surface area (TPSA) is 105 Å². The van der Waals surface area contributed by atoms with Crippen LogP contribution in [0.15, 0.2) is 108 Å². The highest BCUT2D eigenvalue weighted by Gasteiger charge is 2.36. The molecule has 248 valence electrons. The lowest BCUT2D eigenvalue weighted by atomic mass is 10.0. The molecule has 0 fully saturated rings. The van der Waals surface area contributed by atoms with E-state index in [1.165, 1.54) is 37.3 Å². The third kappa shape index (κ3) is 8.92. The average molecular weight is 658 g/mol. The van der Waals surface area contributed by atoms with Crippen LogP contribution in [-0.4, -0.2) is 58.5 Å². The Hall–Kier alpha value is -4.83. The Labute approximate surface area is 278 Å². The first-order valence-electron chi connectivity index (χ1n) is 15.5. The Balaban J connectivity index is 1.86. The number of ether oxygens (including phenoxy) is 2. The molecule has 0 aliphatic carbocycles. The molecule has 10 heteroatoms. The van der Waals surface area contributed by atoms with E-state index < -0.39 is 28.5 Å². The summed E-state index contributed by atoms with van der Waals surface area (Å²) in [5, 5.41) is 3.01. The molecule has 0 aliphatic rings. The van der Waals surface area contributed by atoms with Crippen molar-refractivity contribution in [2.24, 2.45) is 5.92 Å². The molecule has 2 amide bonds. The van der Waals surface area contributed by atoms with Gasteiger partial charge < -0.3 is 19.7 Å². The minimum absolute atomic E-state index is 0.00126. The number of amides is 2. The van der Waals surface area contributed by atoms with Gasteiger partial charge in [-0.2, -0.15) is 0 Å². The third-order valence-corrected chi connectivity index (χ3v) is 9.60. The van der Waals surface area contributed by atoms with Crippen molar-refractivity contribution < 1.29 is 27.5 Å². The Morgan fingerprint density at radius 1 is 0.830 bits per heavy atom. The van der Waals surface area contributed by atoms with Crippen LogP contribution >= 0.6 is 0 Å². The van der Waals surface area contributed by atoms with Crippen molar-refractivity contribution in [3.8, 4) is 11.5 Å². The number of nitrogens with one attached hydrogen (secondary N) is 1. The lowest BCUT2D eigenvalue weighted by Gasteiger charge is -2.34. The van der Waals surface area contributed by atoms with Crippen molar-refractivity contribution in [3.05, 3.63) is 120 Å². The number of rotatable bonds is 15. The number of hydrogen-bond donors (Lipinski definition) is 1. The standard InChI is InChI=1S/C37H43N3O6S/c1-27(2)24-38-37(42)34(22-29-15-8-6-9-16-29)39(25-30-17-13-12-14-28(30)3)36(41)26-40(47(43,44)32-18-10-7-11-19-32)33-23-31(45-4)20-21-35(33)46-5/h6-21,23,27,34H,22,24-26H2,1-5H3,(H,38,42)/t34-/m0/s1. The fourth-order valence-electron chi connectivity index (χ4n) is 5.17. The predicted molar refractivity (Wildman–Crippen MR) is 184 cm³/mol. The number of sulfonamides is 1. The Bertz CT molecular complexity index is 1750. The summed E-state index contributed by atoms with van der Waals surface area (Å²) in [6.45, 7) is 5.84. The second kappa shape index (κ2) is 16.1. The molecule has 0 heterocycles. The van der Waals surface area contributed by atoms with Gasteiger partial charge in [0.15, 0.2) is 0 Å². The zero-order valence-corrected chi connectivity index (χ0v) is 28.4. The Morgan fingerprint density at radius 2 is 1.47 bits per heavy atom. The van der Waals surface area contributed by atoms with E-state index in [4.69, 9.17) is 9.47 Å². The molecule has 0 spiro atoms. The van der Waals surface area contributed by atoms with Crippen LogP contribution in [0.4, 0.5) is 5.69 Å². The lowest BCUT2D eigenvalue weighted by molar-refractivity contribution is -0.140. The highest BCUT2D eigenvalue weighted by atomic mass is 32.2. The number of methoxy groups -OCH3 is 2. The van der Waals surface area contributed by atoms with E-state index in [1.54, 1.807) is 30.3 Å². The lowest BCUT2D eigenvalue weighted by Crippen LogP contribution is -2.53. The molecule has 0 unspecified atom stereocenters. The molecule has 0 saturated heterocycles. The molecule has 0 saturated carbocycles. The Morgan fingerprint density at radius 3 is 2.09 bits per heavy atom. The second-order valence-electron chi connectivity index (χ2n) is 11.7. The highest BCUT2D eigenvalue weighted by molar-refractivity contribution is 7.92.